The smallest absolute Gasteiger partial charge is 0.323 e. The molecule has 16 heavy (non-hydrogen) atoms. The molecule has 0 radical (unpaired) electrons. The fourth-order valence-corrected chi connectivity index (χ4v) is 1.06. The van der Waals surface area contributed by atoms with Gasteiger partial charge in [0, 0.05) is 6.54 Å². The zero-order valence-electron chi connectivity index (χ0n) is 10.7. The monoisotopic (exact) mass is 233 g/mol. The van der Waals surface area contributed by atoms with Crippen LogP contribution in [0.4, 0.5) is 0 Å². The Morgan fingerprint density at radius 2 is 1.94 bits per heavy atom. The summed E-state index contributed by atoms with van der Waals surface area (Å²) >= 11 is 0. The second kappa shape index (κ2) is 6.18. The van der Waals surface area contributed by atoms with Gasteiger partial charge in [0.15, 0.2) is 0 Å². The maximum Gasteiger partial charge on any atom is 0.323 e. The molecule has 0 saturated carbocycles. The molecule has 0 aromatic carbocycles. The van der Waals surface area contributed by atoms with Crippen molar-refractivity contribution in [2.75, 3.05) is 20.2 Å². The summed E-state index contributed by atoms with van der Waals surface area (Å²) in [5, 5.41) is 18.6. The third-order valence-corrected chi connectivity index (χ3v) is 2.58. The summed E-state index contributed by atoms with van der Waals surface area (Å²) in [5.41, 5.74) is -0.987. The van der Waals surface area contributed by atoms with E-state index in [1.54, 1.807) is 25.8 Å². The summed E-state index contributed by atoms with van der Waals surface area (Å²) in [6.45, 7) is 7.47. The number of aliphatic hydroxyl groups excluding tert-OH is 1. The molecule has 0 aliphatic carbocycles. The zero-order chi connectivity index (χ0) is 12.9. The quantitative estimate of drug-likeness (QED) is 0.672. The molecule has 5 nitrogen and oxygen atoms in total. The van der Waals surface area contributed by atoms with Crippen molar-refractivity contribution in [2.45, 2.75) is 45.4 Å². The molecule has 0 saturated heterocycles. The maximum absolute atomic E-state index is 11.0. The molecule has 0 aromatic heterocycles. The molecule has 2 N–H and O–H groups in total. The van der Waals surface area contributed by atoms with E-state index in [-0.39, 0.29) is 19.3 Å². The van der Waals surface area contributed by atoms with Crippen LogP contribution in [0.1, 0.15) is 27.7 Å². The topological polar surface area (TPSA) is 70.0 Å². The number of aliphatic carboxylic acids is 1. The molecule has 0 amide bonds. The minimum atomic E-state index is -0.987. The van der Waals surface area contributed by atoms with Gasteiger partial charge in [-0.3, -0.25) is 9.69 Å². The number of aliphatic hydroxyl groups is 1. The van der Waals surface area contributed by atoms with E-state index >= 15 is 0 Å². The minimum absolute atomic E-state index is 0.0624. The van der Waals surface area contributed by atoms with Crippen LogP contribution < -0.4 is 0 Å². The third kappa shape index (κ3) is 4.92. The van der Waals surface area contributed by atoms with Crippen molar-refractivity contribution in [3.05, 3.63) is 0 Å². The predicted molar refractivity (Wildman–Crippen MR) is 61.4 cm³/mol. The van der Waals surface area contributed by atoms with E-state index < -0.39 is 17.6 Å². The van der Waals surface area contributed by atoms with Gasteiger partial charge < -0.3 is 14.9 Å². The molecule has 1 unspecified atom stereocenters. The summed E-state index contributed by atoms with van der Waals surface area (Å²) in [6, 6.07) is 0. The van der Waals surface area contributed by atoms with Crippen LogP contribution in [0.5, 0.6) is 0 Å². The number of hydrogen-bond acceptors (Lipinski definition) is 4. The van der Waals surface area contributed by atoms with Gasteiger partial charge in [0.1, 0.15) is 5.54 Å². The highest BCUT2D eigenvalue weighted by molar-refractivity contribution is 5.77. The Balaban J connectivity index is 4.13. The number of hydrogen-bond donors (Lipinski definition) is 2. The molecule has 1 atom stereocenters. The van der Waals surface area contributed by atoms with Crippen LogP contribution >= 0.6 is 0 Å². The van der Waals surface area contributed by atoms with Gasteiger partial charge in [-0.15, -0.1) is 0 Å². The molecule has 0 heterocycles. The van der Waals surface area contributed by atoms with Crippen molar-refractivity contribution in [1.29, 1.82) is 0 Å². The Morgan fingerprint density at radius 1 is 1.44 bits per heavy atom. The number of ether oxygens (including phenoxy) is 1. The lowest BCUT2D eigenvalue weighted by Crippen LogP contribution is -2.51. The number of likely N-dealkylation sites (N-methyl/N-ethyl adjacent to an activating group) is 1. The molecule has 0 aromatic rings. The Hall–Kier alpha value is -0.650. The number of carbonyl (C=O) groups is 1. The fourth-order valence-electron chi connectivity index (χ4n) is 1.06. The molecule has 0 aliphatic rings. The van der Waals surface area contributed by atoms with Crippen LogP contribution in [-0.4, -0.2) is 59.0 Å². The molecule has 5 heteroatoms. The molecular weight excluding hydrogens is 210 g/mol. The normalized spacial score (nSPS) is 14.5. The molecular formula is C11H23NO4. The number of rotatable bonds is 7. The summed E-state index contributed by atoms with van der Waals surface area (Å²) < 4.78 is 5.25. The van der Waals surface area contributed by atoms with E-state index in [2.05, 4.69) is 0 Å². The van der Waals surface area contributed by atoms with Gasteiger partial charge in [-0.2, -0.15) is 0 Å². The van der Waals surface area contributed by atoms with Crippen LogP contribution in [0, 0.1) is 0 Å². The summed E-state index contributed by atoms with van der Waals surface area (Å²) in [7, 11) is 1.67. The standard InChI is InChI=1S/C11H23NO4/c1-8(2)16-7-9(13)6-12(5)11(3,4)10(14)15/h8-9,13H,6-7H2,1-5H3,(H,14,15). The van der Waals surface area contributed by atoms with Gasteiger partial charge in [0.25, 0.3) is 0 Å². The summed E-state index contributed by atoms with van der Waals surface area (Å²) in [6.07, 6.45) is -0.613. The highest BCUT2D eigenvalue weighted by atomic mass is 16.5. The van der Waals surface area contributed by atoms with Gasteiger partial charge >= 0.3 is 5.97 Å². The average molecular weight is 233 g/mol. The third-order valence-electron chi connectivity index (χ3n) is 2.58. The summed E-state index contributed by atoms with van der Waals surface area (Å²) in [5.74, 6) is -0.910. The molecule has 0 bridgehead atoms. The highest BCUT2D eigenvalue weighted by Gasteiger charge is 2.32. The molecule has 0 spiro atoms. The van der Waals surface area contributed by atoms with Crippen molar-refractivity contribution in [1.82, 2.24) is 4.90 Å². The molecule has 0 fully saturated rings. The van der Waals surface area contributed by atoms with E-state index in [0.29, 0.717) is 0 Å². The fraction of sp³-hybridized carbons (Fsp3) is 0.909. The molecule has 0 aliphatic heterocycles. The lowest BCUT2D eigenvalue weighted by atomic mass is 10.0. The Kier molecular flexibility index (Phi) is 5.92. The molecule has 96 valence electrons. The molecule has 0 rings (SSSR count). The SMILES string of the molecule is CC(C)OCC(O)CN(C)C(C)(C)C(=O)O. The Labute approximate surface area is 97.0 Å². The van der Waals surface area contributed by atoms with Gasteiger partial charge in [-0.1, -0.05) is 0 Å². The maximum atomic E-state index is 11.0. The van der Waals surface area contributed by atoms with Crippen molar-refractivity contribution in [3.8, 4) is 0 Å². The first-order valence-corrected chi connectivity index (χ1v) is 5.42. The lowest BCUT2D eigenvalue weighted by molar-refractivity contribution is -0.149. The second-order valence-electron chi connectivity index (χ2n) is 4.78. The first-order chi connectivity index (χ1) is 7.17. The average Bonchev–Trinajstić information content (AvgIpc) is 2.14. The largest absolute Gasteiger partial charge is 0.480 e. The van der Waals surface area contributed by atoms with Crippen molar-refractivity contribution in [3.63, 3.8) is 0 Å². The highest BCUT2D eigenvalue weighted by Crippen LogP contribution is 2.12. The van der Waals surface area contributed by atoms with Crippen LogP contribution in [0.25, 0.3) is 0 Å². The van der Waals surface area contributed by atoms with E-state index in [9.17, 15) is 9.90 Å². The summed E-state index contributed by atoms with van der Waals surface area (Å²) in [4.78, 5) is 12.6. The Bertz CT molecular complexity index is 228. The number of nitrogens with zero attached hydrogens (tertiary/aromatic N) is 1. The van der Waals surface area contributed by atoms with Crippen LogP contribution in [0.3, 0.4) is 0 Å². The zero-order valence-corrected chi connectivity index (χ0v) is 10.7. The van der Waals surface area contributed by atoms with Gasteiger partial charge in [-0.25, -0.2) is 0 Å². The second-order valence-corrected chi connectivity index (χ2v) is 4.78. The number of carboxylic acid groups (broad SMARTS) is 1. The van der Waals surface area contributed by atoms with Crippen molar-refractivity contribution in [2.24, 2.45) is 0 Å². The first-order valence-electron chi connectivity index (χ1n) is 5.42. The predicted octanol–water partition coefficient (Wildman–Crippen LogP) is 0.567. The first kappa shape index (κ1) is 15.3. The number of β-amino-alcohol motifs (C(OH)–C–C–N with tert-alkyl or cyclic N) is 1. The lowest BCUT2D eigenvalue weighted by Gasteiger charge is -2.32. The van der Waals surface area contributed by atoms with Crippen LogP contribution in [-0.2, 0) is 9.53 Å². The van der Waals surface area contributed by atoms with Gasteiger partial charge in [0.2, 0.25) is 0 Å². The van der Waals surface area contributed by atoms with E-state index in [4.69, 9.17) is 9.84 Å². The van der Waals surface area contributed by atoms with E-state index in [1.165, 1.54) is 0 Å². The van der Waals surface area contributed by atoms with Crippen molar-refractivity contribution < 1.29 is 19.7 Å². The number of carboxylic acids is 1. The minimum Gasteiger partial charge on any atom is -0.480 e. The van der Waals surface area contributed by atoms with E-state index in [0.717, 1.165) is 0 Å². The van der Waals surface area contributed by atoms with Gasteiger partial charge in [0.05, 0.1) is 18.8 Å². The van der Waals surface area contributed by atoms with Gasteiger partial charge in [-0.05, 0) is 34.7 Å². The Morgan fingerprint density at radius 3 is 2.31 bits per heavy atom. The van der Waals surface area contributed by atoms with Crippen LogP contribution in [0.15, 0.2) is 0 Å². The van der Waals surface area contributed by atoms with Crippen LogP contribution in [0.2, 0.25) is 0 Å². The van der Waals surface area contributed by atoms with Crippen molar-refractivity contribution >= 4 is 5.97 Å². The van der Waals surface area contributed by atoms with E-state index in [1.807, 2.05) is 13.8 Å².